The summed E-state index contributed by atoms with van der Waals surface area (Å²) >= 11 is 2.08. The molecule has 0 aliphatic heterocycles. The summed E-state index contributed by atoms with van der Waals surface area (Å²) in [5.74, 6) is -0.681. The summed E-state index contributed by atoms with van der Waals surface area (Å²) in [5.41, 5.74) is -1.13. The van der Waals surface area contributed by atoms with E-state index in [4.69, 9.17) is 0 Å². The van der Waals surface area contributed by atoms with E-state index in [0.29, 0.717) is 10.7 Å². The average molecular weight is 574 g/mol. The number of halogens is 3. The van der Waals surface area contributed by atoms with Gasteiger partial charge in [-0.25, -0.2) is 4.98 Å². The van der Waals surface area contributed by atoms with Crippen molar-refractivity contribution in [2.45, 2.75) is 45.6 Å². The maximum absolute atomic E-state index is 13.7. The van der Waals surface area contributed by atoms with E-state index in [2.05, 4.69) is 10.3 Å². The van der Waals surface area contributed by atoms with Crippen LogP contribution in [0.15, 0.2) is 64.5 Å². The van der Waals surface area contributed by atoms with E-state index in [1.807, 2.05) is 51.1 Å². The van der Waals surface area contributed by atoms with Crippen LogP contribution in [0.4, 0.5) is 18.9 Å². The van der Waals surface area contributed by atoms with Gasteiger partial charge in [-0.05, 0) is 30.2 Å². The molecule has 11 heteroatoms. The first-order valence-corrected chi connectivity index (χ1v) is 13.8. The Kier molecular flexibility index (Phi) is 8.04. The summed E-state index contributed by atoms with van der Waals surface area (Å²) in [7, 11) is 0. The molecule has 0 atom stereocenters. The third kappa shape index (κ3) is 6.25. The third-order valence-corrected chi connectivity index (χ3v) is 8.22. The van der Waals surface area contributed by atoms with Crippen LogP contribution in [-0.2, 0) is 17.5 Å². The Morgan fingerprint density at radius 1 is 1.03 bits per heavy atom. The van der Waals surface area contributed by atoms with Gasteiger partial charge in [-0.15, -0.1) is 11.3 Å². The number of carbonyl (C=O) groups excluding carboxylic acids is 2. The Bertz CT molecular complexity index is 1600. The van der Waals surface area contributed by atoms with Crippen LogP contribution in [0.25, 0.3) is 10.2 Å². The van der Waals surface area contributed by atoms with Crippen molar-refractivity contribution >= 4 is 50.7 Å². The number of Topliss-reactive ketones (excluding diaryl/α,β-unsaturated/α-hetero) is 1. The van der Waals surface area contributed by atoms with Crippen molar-refractivity contribution in [2.75, 3.05) is 11.1 Å². The maximum Gasteiger partial charge on any atom is 0.418 e. The SMILES string of the molecule is Cc1c(C(=O)Nc2ccccc2C(F)(F)F)sc2nc(SCC(=O)C(C)(C)C)n(Cc3ccccc3)c(=O)c12. The molecular weight excluding hydrogens is 547 g/mol. The number of nitrogens with zero attached hydrogens (tertiary/aromatic N) is 2. The monoisotopic (exact) mass is 573 g/mol. The van der Waals surface area contributed by atoms with E-state index in [1.165, 1.54) is 22.8 Å². The highest BCUT2D eigenvalue weighted by atomic mass is 32.2. The third-order valence-electron chi connectivity index (χ3n) is 6.05. The van der Waals surface area contributed by atoms with Gasteiger partial charge < -0.3 is 5.32 Å². The number of para-hydroxylation sites is 1. The molecule has 4 aromatic rings. The molecule has 204 valence electrons. The van der Waals surface area contributed by atoms with Gasteiger partial charge in [-0.3, -0.25) is 19.0 Å². The van der Waals surface area contributed by atoms with Crippen LogP contribution in [0.2, 0.25) is 0 Å². The number of ketones is 1. The number of alkyl halides is 3. The highest BCUT2D eigenvalue weighted by Gasteiger charge is 2.34. The molecule has 2 aromatic heterocycles. The molecule has 0 aliphatic rings. The molecule has 0 radical (unpaired) electrons. The lowest BCUT2D eigenvalue weighted by molar-refractivity contribution is -0.137. The molecule has 0 aliphatic carbocycles. The predicted molar refractivity (Wildman–Crippen MR) is 149 cm³/mol. The summed E-state index contributed by atoms with van der Waals surface area (Å²) in [5, 5.41) is 2.89. The summed E-state index contributed by atoms with van der Waals surface area (Å²) in [6, 6.07) is 14.0. The van der Waals surface area contributed by atoms with Crippen molar-refractivity contribution in [1.82, 2.24) is 9.55 Å². The second-order valence-corrected chi connectivity index (χ2v) is 11.9. The first-order chi connectivity index (χ1) is 18.3. The first kappa shape index (κ1) is 28.6. The van der Waals surface area contributed by atoms with Gasteiger partial charge in [0.1, 0.15) is 10.6 Å². The number of aryl methyl sites for hydroxylation is 1. The van der Waals surface area contributed by atoms with E-state index in [1.54, 1.807) is 6.92 Å². The molecule has 4 rings (SSSR count). The van der Waals surface area contributed by atoms with Gasteiger partial charge in [-0.2, -0.15) is 13.2 Å². The van der Waals surface area contributed by atoms with Crippen LogP contribution in [0.1, 0.15) is 47.1 Å². The van der Waals surface area contributed by atoms with Crippen molar-refractivity contribution in [2.24, 2.45) is 5.41 Å². The van der Waals surface area contributed by atoms with Crippen molar-refractivity contribution in [3.63, 3.8) is 0 Å². The molecule has 0 fully saturated rings. The van der Waals surface area contributed by atoms with Gasteiger partial charge in [-0.1, -0.05) is 75.0 Å². The molecule has 0 spiro atoms. The number of hydrogen-bond donors (Lipinski definition) is 1. The fourth-order valence-corrected chi connectivity index (χ4v) is 6.07. The van der Waals surface area contributed by atoms with Crippen LogP contribution in [0.3, 0.4) is 0 Å². The standard InChI is InChI=1S/C28H26F3N3O3S2/c1-16-21-24(39-22(16)23(36)32-19-13-9-8-12-18(19)28(29,30)31)33-26(38-15-20(35)27(2,3)4)34(25(21)37)14-17-10-6-5-7-11-17/h5-13H,14-15H2,1-4H3,(H,32,36). The first-order valence-electron chi connectivity index (χ1n) is 12.0. The number of amides is 1. The summed E-state index contributed by atoms with van der Waals surface area (Å²) in [6.45, 7) is 7.22. The maximum atomic E-state index is 13.7. The number of fused-ring (bicyclic) bond motifs is 1. The van der Waals surface area contributed by atoms with Crippen molar-refractivity contribution in [3.05, 3.63) is 86.5 Å². The normalized spacial score (nSPS) is 12.1. The number of nitrogens with one attached hydrogen (secondary N) is 1. The number of thiophene rings is 1. The molecule has 1 amide bonds. The number of anilines is 1. The van der Waals surface area contributed by atoms with Crippen LogP contribution in [0, 0.1) is 12.3 Å². The number of rotatable bonds is 7. The van der Waals surface area contributed by atoms with Crippen molar-refractivity contribution in [1.29, 1.82) is 0 Å². The zero-order valence-corrected chi connectivity index (χ0v) is 23.3. The highest BCUT2D eigenvalue weighted by Crippen LogP contribution is 2.36. The second-order valence-electron chi connectivity index (χ2n) is 9.97. The summed E-state index contributed by atoms with van der Waals surface area (Å²) in [4.78, 5) is 44.5. The lowest BCUT2D eigenvalue weighted by atomic mass is 9.92. The van der Waals surface area contributed by atoms with Crippen molar-refractivity contribution < 1.29 is 22.8 Å². The van der Waals surface area contributed by atoms with Gasteiger partial charge in [0.05, 0.1) is 33.8 Å². The van der Waals surface area contributed by atoms with Crippen LogP contribution < -0.4 is 10.9 Å². The Morgan fingerprint density at radius 2 is 1.67 bits per heavy atom. The lowest BCUT2D eigenvalue weighted by Crippen LogP contribution is -2.26. The van der Waals surface area contributed by atoms with Crippen molar-refractivity contribution in [3.8, 4) is 0 Å². The molecule has 0 saturated heterocycles. The van der Waals surface area contributed by atoms with E-state index < -0.39 is 28.6 Å². The summed E-state index contributed by atoms with van der Waals surface area (Å²) in [6.07, 6.45) is -4.65. The van der Waals surface area contributed by atoms with Gasteiger partial charge in [0.25, 0.3) is 11.5 Å². The van der Waals surface area contributed by atoms with E-state index in [9.17, 15) is 27.6 Å². The van der Waals surface area contributed by atoms with Gasteiger partial charge in [0, 0.05) is 5.41 Å². The van der Waals surface area contributed by atoms with E-state index in [-0.39, 0.29) is 38.9 Å². The zero-order valence-electron chi connectivity index (χ0n) is 21.7. The minimum Gasteiger partial charge on any atom is -0.321 e. The highest BCUT2D eigenvalue weighted by molar-refractivity contribution is 7.99. The molecule has 39 heavy (non-hydrogen) atoms. The quantitative estimate of drug-likeness (QED) is 0.194. The molecule has 2 heterocycles. The number of thioether (sulfide) groups is 1. The minimum atomic E-state index is -4.65. The number of carbonyl (C=O) groups is 2. The van der Waals surface area contributed by atoms with Gasteiger partial charge >= 0.3 is 6.18 Å². The Balaban J connectivity index is 1.78. The lowest BCUT2D eigenvalue weighted by Gasteiger charge is -2.17. The number of hydrogen-bond acceptors (Lipinski definition) is 6. The van der Waals surface area contributed by atoms with E-state index >= 15 is 0 Å². The predicted octanol–water partition coefficient (Wildman–Crippen LogP) is 6.79. The van der Waals surface area contributed by atoms with Crippen LogP contribution in [0.5, 0.6) is 0 Å². The fourth-order valence-electron chi connectivity index (χ4n) is 3.80. The topological polar surface area (TPSA) is 81.1 Å². The van der Waals surface area contributed by atoms with Crippen LogP contribution in [-0.4, -0.2) is 27.0 Å². The molecular formula is C28H26F3N3O3S2. The molecule has 1 N–H and O–H groups in total. The average Bonchev–Trinajstić information content (AvgIpc) is 3.20. The Morgan fingerprint density at radius 3 is 2.31 bits per heavy atom. The Labute approximate surface area is 231 Å². The van der Waals surface area contributed by atoms with Gasteiger partial charge in [0.15, 0.2) is 5.16 Å². The molecule has 0 bridgehead atoms. The molecule has 0 saturated carbocycles. The summed E-state index contributed by atoms with van der Waals surface area (Å²) < 4.78 is 41.8. The number of aromatic nitrogens is 2. The largest absolute Gasteiger partial charge is 0.418 e. The number of benzene rings is 2. The Hall–Kier alpha value is -3.44. The van der Waals surface area contributed by atoms with Gasteiger partial charge in [0.2, 0.25) is 0 Å². The minimum absolute atomic E-state index is 0.0149. The zero-order chi connectivity index (χ0) is 28.5. The van der Waals surface area contributed by atoms with E-state index in [0.717, 1.165) is 34.7 Å². The molecule has 0 unspecified atom stereocenters. The van der Waals surface area contributed by atoms with Crippen LogP contribution >= 0.6 is 23.1 Å². The fraction of sp³-hybridized carbons (Fsp3) is 0.286. The molecule has 2 aromatic carbocycles. The molecule has 6 nitrogen and oxygen atoms in total. The second kappa shape index (κ2) is 11.0. The smallest absolute Gasteiger partial charge is 0.321 e.